The molecule has 2 saturated carbocycles. The fraction of sp³-hybridized carbons (Fsp3) is 0.600. The molecule has 0 saturated heterocycles. The Hall–Kier alpha value is -1.49. The van der Waals surface area contributed by atoms with E-state index in [1.165, 1.54) is 57.8 Å². The first-order valence-electron chi connectivity index (χ1n) is 9.69. The Morgan fingerprint density at radius 1 is 1.08 bits per heavy atom. The van der Waals surface area contributed by atoms with E-state index < -0.39 is 0 Å². The van der Waals surface area contributed by atoms with Crippen molar-refractivity contribution in [3.63, 3.8) is 0 Å². The first-order valence-corrected chi connectivity index (χ1v) is 10.7. The number of aromatic nitrogens is 2. The molecular weight excluding hydrogens is 330 g/mol. The molecule has 25 heavy (non-hydrogen) atoms. The Balaban J connectivity index is 1.50. The van der Waals surface area contributed by atoms with Crippen LogP contribution in [0.1, 0.15) is 63.6 Å². The van der Waals surface area contributed by atoms with Gasteiger partial charge in [0.15, 0.2) is 0 Å². The van der Waals surface area contributed by atoms with Gasteiger partial charge >= 0.3 is 0 Å². The number of hydrogen-bond acceptors (Lipinski definition) is 4. The van der Waals surface area contributed by atoms with Crippen molar-refractivity contribution in [2.24, 2.45) is 0 Å². The highest BCUT2D eigenvalue weighted by Crippen LogP contribution is 2.30. The normalized spacial score (nSPS) is 19.5. The van der Waals surface area contributed by atoms with Crippen LogP contribution in [0.2, 0.25) is 0 Å². The summed E-state index contributed by atoms with van der Waals surface area (Å²) in [6, 6.07) is 6.52. The summed E-state index contributed by atoms with van der Waals surface area (Å²) < 4.78 is 0. The van der Waals surface area contributed by atoms with Gasteiger partial charge in [0.2, 0.25) is 0 Å². The van der Waals surface area contributed by atoms with Crippen LogP contribution in [0.25, 0.3) is 10.9 Å². The van der Waals surface area contributed by atoms with Crippen LogP contribution in [-0.4, -0.2) is 21.3 Å². The molecule has 5 heteroatoms. The van der Waals surface area contributed by atoms with Gasteiger partial charge < -0.3 is 10.3 Å². The number of thioether (sulfide) groups is 1. The van der Waals surface area contributed by atoms with Gasteiger partial charge in [-0.3, -0.25) is 4.79 Å². The smallest absolute Gasteiger partial charge is 0.258 e. The monoisotopic (exact) mass is 357 g/mol. The Morgan fingerprint density at radius 2 is 1.84 bits per heavy atom. The largest absolute Gasteiger partial charge is 0.382 e. The molecule has 2 N–H and O–H groups in total. The van der Waals surface area contributed by atoms with Gasteiger partial charge in [-0.15, -0.1) is 0 Å². The number of nitrogens with one attached hydrogen (secondary N) is 2. The van der Waals surface area contributed by atoms with Gasteiger partial charge in [-0.05, 0) is 43.9 Å². The summed E-state index contributed by atoms with van der Waals surface area (Å²) >= 11 is 1.95. The Labute approximate surface area is 153 Å². The van der Waals surface area contributed by atoms with Gasteiger partial charge in [0, 0.05) is 17.0 Å². The molecule has 0 aliphatic heterocycles. The molecular formula is C20H27N3OS. The van der Waals surface area contributed by atoms with Gasteiger partial charge in [0.1, 0.15) is 5.82 Å². The van der Waals surface area contributed by atoms with E-state index in [1.807, 2.05) is 30.0 Å². The molecule has 0 radical (unpaired) electrons. The van der Waals surface area contributed by atoms with Gasteiger partial charge in [0.05, 0.1) is 16.7 Å². The summed E-state index contributed by atoms with van der Waals surface area (Å²) in [6.07, 6.45) is 11.8. The number of rotatable bonds is 5. The molecule has 4 nitrogen and oxygen atoms in total. The number of nitrogens with zero attached hydrogens (tertiary/aromatic N) is 1. The molecule has 134 valence electrons. The van der Waals surface area contributed by atoms with E-state index >= 15 is 0 Å². The summed E-state index contributed by atoms with van der Waals surface area (Å²) in [5, 5.41) is 5.01. The summed E-state index contributed by atoms with van der Waals surface area (Å²) in [5.74, 6) is 1.61. The number of fused-ring (bicyclic) bond motifs is 1. The molecule has 1 heterocycles. The fourth-order valence-corrected chi connectivity index (χ4v) is 5.28. The second-order valence-corrected chi connectivity index (χ2v) is 8.73. The SMILES string of the molecule is O=c1[nH]c(CSC2CCCCC2)nc2cc(NC3CCCC3)ccc12. The van der Waals surface area contributed by atoms with E-state index in [0.29, 0.717) is 11.4 Å². The van der Waals surface area contributed by atoms with E-state index in [9.17, 15) is 4.79 Å². The lowest BCUT2D eigenvalue weighted by Gasteiger charge is -2.20. The topological polar surface area (TPSA) is 57.8 Å². The van der Waals surface area contributed by atoms with Crippen LogP contribution in [0.5, 0.6) is 0 Å². The van der Waals surface area contributed by atoms with Gasteiger partial charge in [-0.25, -0.2) is 4.98 Å². The minimum atomic E-state index is -0.0170. The standard InChI is InChI=1S/C20H27N3OS/c24-20-17-11-10-15(21-14-6-4-5-7-14)12-18(17)22-19(23-20)13-25-16-8-2-1-3-9-16/h10-12,14,16,21H,1-9,13H2,(H,22,23,24). The van der Waals surface area contributed by atoms with E-state index in [2.05, 4.69) is 10.3 Å². The maximum absolute atomic E-state index is 12.4. The third-order valence-electron chi connectivity index (χ3n) is 5.49. The van der Waals surface area contributed by atoms with Gasteiger partial charge in [-0.1, -0.05) is 32.1 Å². The zero-order valence-corrected chi connectivity index (χ0v) is 15.5. The molecule has 2 fully saturated rings. The highest BCUT2D eigenvalue weighted by atomic mass is 32.2. The molecule has 0 unspecified atom stereocenters. The van der Waals surface area contributed by atoms with Crippen LogP contribution < -0.4 is 10.9 Å². The Morgan fingerprint density at radius 3 is 2.64 bits per heavy atom. The molecule has 2 aromatic rings. The van der Waals surface area contributed by atoms with Crippen molar-refractivity contribution < 1.29 is 0 Å². The number of anilines is 1. The number of H-pyrrole nitrogens is 1. The Kier molecular flexibility index (Phi) is 5.30. The predicted octanol–water partition coefficient (Wildman–Crippen LogP) is 4.84. The maximum Gasteiger partial charge on any atom is 0.258 e. The van der Waals surface area contributed by atoms with Crippen molar-refractivity contribution in [2.45, 2.75) is 74.8 Å². The van der Waals surface area contributed by atoms with Gasteiger partial charge in [-0.2, -0.15) is 11.8 Å². The van der Waals surface area contributed by atoms with Crippen LogP contribution in [0.4, 0.5) is 5.69 Å². The summed E-state index contributed by atoms with van der Waals surface area (Å²) in [7, 11) is 0. The molecule has 0 bridgehead atoms. The van der Waals surface area contributed by atoms with Crippen molar-refractivity contribution in [3.05, 3.63) is 34.4 Å². The highest BCUT2D eigenvalue weighted by Gasteiger charge is 2.16. The maximum atomic E-state index is 12.4. The first-order chi connectivity index (χ1) is 12.3. The minimum Gasteiger partial charge on any atom is -0.382 e. The third kappa shape index (κ3) is 4.20. The van der Waals surface area contributed by atoms with Crippen LogP contribution in [-0.2, 0) is 5.75 Å². The highest BCUT2D eigenvalue weighted by molar-refractivity contribution is 7.99. The van der Waals surface area contributed by atoms with Crippen LogP contribution in [0.15, 0.2) is 23.0 Å². The lowest BCUT2D eigenvalue weighted by atomic mass is 10.0. The van der Waals surface area contributed by atoms with Crippen molar-refractivity contribution in [1.29, 1.82) is 0 Å². The zero-order valence-electron chi connectivity index (χ0n) is 14.7. The molecule has 1 aromatic carbocycles. The lowest BCUT2D eigenvalue weighted by molar-refractivity contribution is 0.516. The summed E-state index contributed by atoms with van der Waals surface area (Å²) in [4.78, 5) is 20.1. The number of benzene rings is 1. The van der Waals surface area contributed by atoms with E-state index in [4.69, 9.17) is 4.98 Å². The van der Waals surface area contributed by atoms with E-state index in [0.717, 1.165) is 28.0 Å². The molecule has 0 spiro atoms. The average Bonchev–Trinajstić information content (AvgIpc) is 3.14. The third-order valence-corrected chi connectivity index (χ3v) is 6.87. The van der Waals surface area contributed by atoms with E-state index in [1.54, 1.807) is 0 Å². The van der Waals surface area contributed by atoms with Crippen molar-refractivity contribution >= 4 is 28.4 Å². The van der Waals surface area contributed by atoms with Gasteiger partial charge in [0.25, 0.3) is 5.56 Å². The predicted molar refractivity (Wildman–Crippen MR) is 106 cm³/mol. The van der Waals surface area contributed by atoms with Crippen LogP contribution >= 0.6 is 11.8 Å². The van der Waals surface area contributed by atoms with Crippen molar-refractivity contribution in [3.8, 4) is 0 Å². The second kappa shape index (κ2) is 7.81. The summed E-state index contributed by atoms with van der Waals surface area (Å²) in [5.41, 5.74) is 1.88. The summed E-state index contributed by atoms with van der Waals surface area (Å²) in [6.45, 7) is 0. The molecule has 1 aromatic heterocycles. The average molecular weight is 358 g/mol. The molecule has 2 aliphatic carbocycles. The molecule has 0 atom stereocenters. The Bertz CT molecular complexity index is 776. The molecule has 0 amide bonds. The minimum absolute atomic E-state index is 0.0170. The lowest BCUT2D eigenvalue weighted by Crippen LogP contribution is -2.16. The molecule has 4 rings (SSSR count). The van der Waals surface area contributed by atoms with Crippen LogP contribution in [0.3, 0.4) is 0 Å². The second-order valence-electron chi connectivity index (χ2n) is 7.44. The van der Waals surface area contributed by atoms with E-state index in [-0.39, 0.29) is 5.56 Å². The van der Waals surface area contributed by atoms with Crippen molar-refractivity contribution in [2.75, 3.05) is 5.32 Å². The quantitative estimate of drug-likeness (QED) is 0.803. The van der Waals surface area contributed by atoms with Crippen molar-refractivity contribution in [1.82, 2.24) is 9.97 Å². The fourth-order valence-electron chi connectivity index (χ4n) is 4.08. The first kappa shape index (κ1) is 17.0. The number of hydrogen-bond donors (Lipinski definition) is 2. The zero-order chi connectivity index (χ0) is 17.1. The van der Waals surface area contributed by atoms with Crippen LogP contribution in [0, 0.1) is 0 Å². The number of aromatic amines is 1. The molecule has 2 aliphatic rings.